The summed E-state index contributed by atoms with van der Waals surface area (Å²) in [6.07, 6.45) is 12.4. The van der Waals surface area contributed by atoms with E-state index in [0.29, 0.717) is 23.6 Å². The molecule has 4 aromatic carbocycles. The van der Waals surface area contributed by atoms with Gasteiger partial charge in [0.2, 0.25) is 5.88 Å². The Labute approximate surface area is 241 Å². The van der Waals surface area contributed by atoms with E-state index in [1.165, 1.54) is 5.57 Å². The van der Waals surface area contributed by atoms with Gasteiger partial charge < -0.3 is 4.74 Å². The highest BCUT2D eigenvalue weighted by Gasteiger charge is 2.31. The molecule has 1 aromatic heterocycles. The van der Waals surface area contributed by atoms with Crippen LogP contribution >= 0.6 is 15.9 Å². The molecule has 1 aliphatic carbocycles. The van der Waals surface area contributed by atoms with Gasteiger partial charge in [0.05, 0.1) is 17.2 Å². The molecule has 5 heteroatoms. The standard InChI is InChI=1S/C35H25BrN2O2/c36-30-13-5-4-12-29(30)26-11-8-21-35(23-26,22-20-33(39)25-9-2-1-3-10-25)27-16-18-28(19-17-27)40-34-24-37-31-14-6-7-15-32(31)38-34/h1-22,24H,23H2. The van der Waals surface area contributed by atoms with Gasteiger partial charge in [-0.25, -0.2) is 9.97 Å². The van der Waals surface area contributed by atoms with Crippen molar-refractivity contribution in [2.75, 3.05) is 0 Å². The first-order valence-electron chi connectivity index (χ1n) is 13.0. The summed E-state index contributed by atoms with van der Waals surface area (Å²) < 4.78 is 7.08. The van der Waals surface area contributed by atoms with Crippen molar-refractivity contribution in [3.8, 4) is 11.6 Å². The van der Waals surface area contributed by atoms with Crippen LogP contribution in [0.1, 0.15) is 27.9 Å². The maximum Gasteiger partial charge on any atom is 0.238 e. The summed E-state index contributed by atoms with van der Waals surface area (Å²) in [6.45, 7) is 0. The topological polar surface area (TPSA) is 52.1 Å². The molecule has 0 saturated carbocycles. The first-order valence-corrected chi connectivity index (χ1v) is 13.8. The SMILES string of the molecule is O=C(C=CC1(c2ccc(Oc3cnc4ccccc4n3)cc2)C=CC=C(c2ccccc2Br)C1)c1ccccc1. The van der Waals surface area contributed by atoms with Crippen molar-refractivity contribution in [1.29, 1.82) is 0 Å². The predicted octanol–water partition coefficient (Wildman–Crippen LogP) is 8.90. The summed E-state index contributed by atoms with van der Waals surface area (Å²) in [6, 6.07) is 33.2. The smallest absolute Gasteiger partial charge is 0.238 e. The van der Waals surface area contributed by atoms with Gasteiger partial charge in [0.25, 0.3) is 0 Å². The van der Waals surface area contributed by atoms with Gasteiger partial charge in [-0.1, -0.05) is 113 Å². The van der Waals surface area contributed by atoms with E-state index in [-0.39, 0.29) is 5.78 Å². The zero-order chi connectivity index (χ0) is 27.4. The molecule has 0 aliphatic heterocycles. The zero-order valence-corrected chi connectivity index (χ0v) is 23.2. The van der Waals surface area contributed by atoms with Gasteiger partial charge in [0, 0.05) is 15.5 Å². The van der Waals surface area contributed by atoms with Crippen LogP contribution in [-0.2, 0) is 5.41 Å². The highest BCUT2D eigenvalue weighted by atomic mass is 79.9. The number of benzene rings is 4. The number of para-hydroxylation sites is 2. The number of carbonyl (C=O) groups excluding carboxylic acids is 1. The second kappa shape index (κ2) is 11.2. The van der Waals surface area contributed by atoms with Gasteiger partial charge in [0.1, 0.15) is 5.75 Å². The van der Waals surface area contributed by atoms with Crippen LogP contribution in [0, 0.1) is 0 Å². The van der Waals surface area contributed by atoms with E-state index in [1.54, 1.807) is 12.3 Å². The number of hydrogen-bond donors (Lipinski definition) is 0. The summed E-state index contributed by atoms with van der Waals surface area (Å²) in [5, 5.41) is 0. The minimum atomic E-state index is -0.523. The zero-order valence-electron chi connectivity index (χ0n) is 21.6. The monoisotopic (exact) mass is 584 g/mol. The summed E-state index contributed by atoms with van der Waals surface area (Å²) >= 11 is 3.71. The lowest BCUT2D eigenvalue weighted by Crippen LogP contribution is -2.23. The first-order chi connectivity index (χ1) is 19.6. The van der Waals surface area contributed by atoms with Crippen molar-refractivity contribution in [3.63, 3.8) is 0 Å². The highest BCUT2D eigenvalue weighted by Crippen LogP contribution is 2.42. The molecule has 1 aliphatic rings. The third-order valence-electron chi connectivity index (χ3n) is 7.02. The Kier molecular flexibility index (Phi) is 7.21. The fourth-order valence-electron chi connectivity index (χ4n) is 4.95. The van der Waals surface area contributed by atoms with Gasteiger partial charge in [-0.2, -0.15) is 0 Å². The molecule has 4 nitrogen and oxygen atoms in total. The van der Waals surface area contributed by atoms with Gasteiger partial charge in [-0.15, -0.1) is 0 Å². The van der Waals surface area contributed by atoms with Crippen LogP contribution in [0.4, 0.5) is 0 Å². The van der Waals surface area contributed by atoms with Crippen molar-refractivity contribution in [2.24, 2.45) is 0 Å². The van der Waals surface area contributed by atoms with E-state index >= 15 is 0 Å². The van der Waals surface area contributed by atoms with Crippen LogP contribution in [0.2, 0.25) is 0 Å². The number of rotatable bonds is 7. The van der Waals surface area contributed by atoms with Crippen molar-refractivity contribution >= 4 is 38.3 Å². The molecule has 1 heterocycles. The van der Waals surface area contributed by atoms with Crippen LogP contribution in [0.25, 0.3) is 16.6 Å². The van der Waals surface area contributed by atoms with E-state index in [0.717, 1.165) is 26.6 Å². The maximum absolute atomic E-state index is 13.1. The second-order valence-electron chi connectivity index (χ2n) is 9.64. The molecule has 194 valence electrons. The van der Waals surface area contributed by atoms with Crippen LogP contribution in [0.5, 0.6) is 11.6 Å². The molecule has 0 spiro atoms. The van der Waals surface area contributed by atoms with Gasteiger partial charge >= 0.3 is 0 Å². The second-order valence-corrected chi connectivity index (χ2v) is 10.5. The normalized spacial score (nSPS) is 16.7. The van der Waals surface area contributed by atoms with Crippen LogP contribution < -0.4 is 4.74 Å². The van der Waals surface area contributed by atoms with E-state index in [1.807, 2.05) is 91.0 Å². The molecule has 0 N–H and O–H groups in total. The lowest BCUT2D eigenvalue weighted by Gasteiger charge is -2.32. The van der Waals surface area contributed by atoms with Gasteiger partial charge in [-0.05, 0) is 59.5 Å². The van der Waals surface area contributed by atoms with Crippen molar-refractivity contribution in [2.45, 2.75) is 11.8 Å². The number of nitrogens with zero attached hydrogens (tertiary/aromatic N) is 2. The molecular weight excluding hydrogens is 560 g/mol. The number of carbonyl (C=O) groups is 1. The predicted molar refractivity (Wildman–Crippen MR) is 164 cm³/mol. The first kappa shape index (κ1) is 25.7. The summed E-state index contributed by atoms with van der Waals surface area (Å²) in [7, 11) is 0. The van der Waals surface area contributed by atoms with Gasteiger partial charge in [-0.3, -0.25) is 4.79 Å². The summed E-state index contributed by atoms with van der Waals surface area (Å²) in [5.74, 6) is 1.07. The highest BCUT2D eigenvalue weighted by molar-refractivity contribution is 9.10. The molecule has 0 fully saturated rings. The molecule has 1 unspecified atom stereocenters. The Balaban J connectivity index is 1.32. The number of aromatic nitrogens is 2. The van der Waals surface area contributed by atoms with Crippen molar-refractivity contribution < 1.29 is 9.53 Å². The molecule has 6 rings (SSSR count). The summed E-state index contributed by atoms with van der Waals surface area (Å²) in [5.41, 5.74) is 5.10. The Morgan fingerprint density at radius 1 is 0.850 bits per heavy atom. The number of ketones is 1. The van der Waals surface area contributed by atoms with Crippen LogP contribution in [0.3, 0.4) is 0 Å². The average Bonchev–Trinajstić information content (AvgIpc) is 3.01. The Morgan fingerprint density at radius 2 is 1.57 bits per heavy atom. The largest absolute Gasteiger partial charge is 0.437 e. The van der Waals surface area contributed by atoms with E-state index in [4.69, 9.17) is 4.74 Å². The molecular formula is C35H25BrN2O2. The lowest BCUT2D eigenvalue weighted by molar-refractivity contribution is 0.104. The third-order valence-corrected chi connectivity index (χ3v) is 7.72. The fourth-order valence-corrected chi connectivity index (χ4v) is 5.49. The third kappa shape index (κ3) is 5.42. The molecule has 0 bridgehead atoms. The number of fused-ring (bicyclic) bond motifs is 1. The number of allylic oxidation sites excluding steroid dienone is 6. The quantitative estimate of drug-likeness (QED) is 0.141. The minimum absolute atomic E-state index is 0.0276. The minimum Gasteiger partial charge on any atom is -0.437 e. The molecule has 0 radical (unpaired) electrons. The van der Waals surface area contributed by atoms with Crippen LogP contribution in [0.15, 0.2) is 144 Å². The molecule has 1 atom stereocenters. The van der Waals surface area contributed by atoms with E-state index in [2.05, 4.69) is 62.3 Å². The molecule has 0 amide bonds. The lowest BCUT2D eigenvalue weighted by atomic mass is 9.71. The molecule has 40 heavy (non-hydrogen) atoms. The average molecular weight is 586 g/mol. The van der Waals surface area contributed by atoms with Crippen LogP contribution in [-0.4, -0.2) is 15.8 Å². The van der Waals surface area contributed by atoms with E-state index in [9.17, 15) is 4.79 Å². The number of halogens is 1. The Morgan fingerprint density at radius 3 is 2.38 bits per heavy atom. The fraction of sp³-hybridized carbons (Fsp3) is 0.0571. The summed E-state index contributed by atoms with van der Waals surface area (Å²) in [4.78, 5) is 22.1. The van der Waals surface area contributed by atoms with E-state index < -0.39 is 5.41 Å². The molecule has 0 saturated heterocycles. The molecule has 5 aromatic rings. The Bertz CT molecular complexity index is 1780. The Hall–Kier alpha value is -4.61. The van der Waals surface area contributed by atoms with Gasteiger partial charge in [0.15, 0.2) is 5.78 Å². The number of ether oxygens (including phenoxy) is 1. The van der Waals surface area contributed by atoms with Crippen molar-refractivity contribution in [3.05, 3.63) is 161 Å². The number of hydrogen-bond acceptors (Lipinski definition) is 4. The maximum atomic E-state index is 13.1. The van der Waals surface area contributed by atoms with Crippen molar-refractivity contribution in [1.82, 2.24) is 9.97 Å².